The van der Waals surface area contributed by atoms with Gasteiger partial charge in [-0.25, -0.2) is 0 Å². The van der Waals surface area contributed by atoms with Crippen LogP contribution in [-0.4, -0.2) is 61.1 Å². The number of hydrogen-bond donors (Lipinski definition) is 2. The van der Waals surface area contributed by atoms with Crippen LogP contribution in [0.4, 0.5) is 5.69 Å². The minimum absolute atomic E-state index is 0.0431. The van der Waals surface area contributed by atoms with Crippen molar-refractivity contribution in [3.8, 4) is 17.2 Å². The standard InChI is InChI=1S/C35H42N2O7/c1-5-23-8-7-9-24(6-2)33(23)36-31(38)20-37-19-28(26-12-15-29-30(18-26)44-21-43-29)32(35(39)40)34(37)25-10-13-27(14-11-25)42-17-16-41-22(3)4/h7-15,18,22,28,32,34H,5-6,16-17,19-21H2,1-4H3,(H,36,38)(H,39,40)/t28-,32+,34-/m1/s1. The molecule has 0 bridgehead atoms. The number of anilines is 1. The fourth-order valence-electron chi connectivity index (χ4n) is 6.24. The second kappa shape index (κ2) is 14.1. The molecular formula is C35H42N2O7. The summed E-state index contributed by atoms with van der Waals surface area (Å²) < 4.78 is 22.5. The van der Waals surface area contributed by atoms with E-state index in [1.54, 1.807) is 0 Å². The first-order chi connectivity index (χ1) is 21.3. The van der Waals surface area contributed by atoms with Crippen LogP contribution in [-0.2, 0) is 27.2 Å². The summed E-state index contributed by atoms with van der Waals surface area (Å²) in [6.07, 6.45) is 1.71. The number of ether oxygens (including phenoxy) is 4. The molecular weight excluding hydrogens is 560 g/mol. The number of carbonyl (C=O) groups is 2. The number of carboxylic acids is 1. The van der Waals surface area contributed by atoms with Crippen LogP contribution in [0.25, 0.3) is 0 Å². The smallest absolute Gasteiger partial charge is 0.309 e. The Labute approximate surface area is 259 Å². The molecule has 0 aliphatic carbocycles. The molecule has 2 aliphatic rings. The van der Waals surface area contributed by atoms with E-state index in [4.69, 9.17) is 18.9 Å². The molecule has 0 aromatic heterocycles. The molecule has 1 saturated heterocycles. The van der Waals surface area contributed by atoms with Gasteiger partial charge in [-0.2, -0.15) is 0 Å². The quantitative estimate of drug-likeness (QED) is 0.236. The van der Waals surface area contributed by atoms with Crippen molar-refractivity contribution in [2.45, 2.75) is 58.6 Å². The Balaban J connectivity index is 1.43. The van der Waals surface area contributed by atoms with E-state index in [-0.39, 0.29) is 31.3 Å². The summed E-state index contributed by atoms with van der Waals surface area (Å²) in [6, 6.07) is 18.6. The third kappa shape index (κ3) is 7.00. The maximum atomic E-state index is 13.6. The van der Waals surface area contributed by atoms with Crippen LogP contribution in [0, 0.1) is 5.92 Å². The number of hydrogen-bond acceptors (Lipinski definition) is 7. The monoisotopic (exact) mass is 602 g/mol. The number of aryl methyl sites for hydroxylation is 2. The summed E-state index contributed by atoms with van der Waals surface area (Å²) in [5.41, 5.74) is 4.65. The number of carbonyl (C=O) groups excluding carboxylic acids is 1. The Kier molecular flexibility index (Phi) is 10.1. The maximum Gasteiger partial charge on any atom is 0.309 e. The van der Waals surface area contributed by atoms with E-state index in [0.717, 1.165) is 40.8 Å². The molecule has 0 saturated carbocycles. The first-order valence-corrected chi connectivity index (χ1v) is 15.4. The summed E-state index contributed by atoms with van der Waals surface area (Å²) in [6.45, 7) is 9.54. The number of likely N-dealkylation sites (tertiary alicyclic amines) is 1. The lowest BCUT2D eigenvalue weighted by Crippen LogP contribution is -2.35. The van der Waals surface area contributed by atoms with Gasteiger partial charge in [0.15, 0.2) is 11.5 Å². The van der Waals surface area contributed by atoms with E-state index in [1.807, 2.05) is 79.4 Å². The first-order valence-electron chi connectivity index (χ1n) is 15.4. The highest BCUT2D eigenvalue weighted by Crippen LogP contribution is 2.47. The van der Waals surface area contributed by atoms with E-state index in [9.17, 15) is 14.7 Å². The molecule has 0 spiro atoms. The molecule has 0 unspecified atom stereocenters. The van der Waals surface area contributed by atoms with Crippen LogP contribution < -0.4 is 19.5 Å². The van der Waals surface area contributed by atoms with Crippen LogP contribution in [0.2, 0.25) is 0 Å². The third-order valence-corrected chi connectivity index (χ3v) is 8.34. The molecule has 9 heteroatoms. The predicted octanol–water partition coefficient (Wildman–Crippen LogP) is 5.82. The minimum atomic E-state index is -0.920. The Morgan fingerprint density at radius 1 is 0.955 bits per heavy atom. The van der Waals surface area contributed by atoms with E-state index in [0.29, 0.717) is 37.0 Å². The topological polar surface area (TPSA) is 107 Å². The van der Waals surface area contributed by atoms with E-state index in [1.165, 1.54) is 0 Å². The first kappa shape index (κ1) is 31.3. The van der Waals surface area contributed by atoms with Gasteiger partial charge in [0.1, 0.15) is 12.4 Å². The Bertz CT molecular complexity index is 1430. The number of benzene rings is 3. The second-order valence-electron chi connectivity index (χ2n) is 11.5. The fourth-order valence-corrected chi connectivity index (χ4v) is 6.24. The fraction of sp³-hybridized carbons (Fsp3) is 0.429. The number of rotatable bonds is 13. The molecule has 3 atom stereocenters. The third-order valence-electron chi connectivity index (χ3n) is 8.34. The highest BCUT2D eigenvalue weighted by molar-refractivity contribution is 5.94. The molecule has 2 heterocycles. The van der Waals surface area contributed by atoms with Crippen LogP contribution >= 0.6 is 0 Å². The highest BCUT2D eigenvalue weighted by Gasteiger charge is 2.48. The average Bonchev–Trinajstić information content (AvgIpc) is 3.64. The Morgan fingerprint density at radius 2 is 1.64 bits per heavy atom. The molecule has 2 N–H and O–H groups in total. The summed E-state index contributed by atoms with van der Waals surface area (Å²) in [5.74, 6) is -0.359. The molecule has 0 radical (unpaired) electrons. The maximum absolute atomic E-state index is 13.6. The normalized spacial score (nSPS) is 19.3. The van der Waals surface area contributed by atoms with Gasteiger partial charge in [-0.05, 0) is 73.2 Å². The molecule has 1 amide bonds. The number of nitrogens with zero attached hydrogens (tertiary/aromatic N) is 1. The van der Waals surface area contributed by atoms with Gasteiger partial charge >= 0.3 is 5.97 Å². The van der Waals surface area contributed by atoms with E-state index in [2.05, 4.69) is 19.2 Å². The lowest BCUT2D eigenvalue weighted by molar-refractivity contribution is -0.143. The number of carboxylic acid groups (broad SMARTS) is 1. The molecule has 44 heavy (non-hydrogen) atoms. The zero-order valence-corrected chi connectivity index (χ0v) is 25.9. The lowest BCUT2D eigenvalue weighted by Gasteiger charge is -2.27. The van der Waals surface area contributed by atoms with Crippen LogP contribution in [0.5, 0.6) is 17.2 Å². The van der Waals surface area contributed by atoms with Crippen molar-refractivity contribution >= 4 is 17.6 Å². The van der Waals surface area contributed by atoms with Crippen molar-refractivity contribution in [3.63, 3.8) is 0 Å². The number of amides is 1. The zero-order chi connectivity index (χ0) is 31.2. The predicted molar refractivity (Wildman–Crippen MR) is 168 cm³/mol. The molecule has 9 nitrogen and oxygen atoms in total. The molecule has 5 rings (SSSR count). The van der Waals surface area contributed by atoms with Gasteiger partial charge in [-0.15, -0.1) is 0 Å². The summed E-state index contributed by atoms with van der Waals surface area (Å²) in [5, 5.41) is 13.8. The summed E-state index contributed by atoms with van der Waals surface area (Å²) in [7, 11) is 0. The van der Waals surface area contributed by atoms with Crippen molar-refractivity contribution in [1.82, 2.24) is 4.90 Å². The number of para-hydroxylation sites is 1. The zero-order valence-electron chi connectivity index (χ0n) is 25.9. The summed E-state index contributed by atoms with van der Waals surface area (Å²) >= 11 is 0. The minimum Gasteiger partial charge on any atom is -0.491 e. The Hall–Kier alpha value is -4.08. The average molecular weight is 603 g/mol. The van der Waals surface area contributed by atoms with Gasteiger partial charge in [0.25, 0.3) is 0 Å². The molecule has 1 fully saturated rings. The van der Waals surface area contributed by atoms with Crippen LogP contribution in [0.3, 0.4) is 0 Å². The van der Waals surface area contributed by atoms with Crippen LogP contribution in [0.1, 0.15) is 61.9 Å². The summed E-state index contributed by atoms with van der Waals surface area (Å²) in [4.78, 5) is 28.6. The lowest BCUT2D eigenvalue weighted by atomic mass is 9.82. The number of nitrogens with one attached hydrogen (secondary N) is 1. The van der Waals surface area contributed by atoms with Crippen molar-refractivity contribution in [2.75, 3.05) is 38.4 Å². The SMILES string of the molecule is CCc1cccc(CC)c1NC(=O)CN1C[C@H](c2ccc3c(c2)OCO3)[C@H](C(=O)O)[C@H]1c1ccc(OCCOC(C)C)cc1. The largest absolute Gasteiger partial charge is 0.491 e. The molecule has 3 aromatic rings. The van der Waals surface area contributed by atoms with Crippen molar-refractivity contribution in [1.29, 1.82) is 0 Å². The van der Waals surface area contributed by atoms with Crippen molar-refractivity contribution < 1.29 is 33.6 Å². The molecule has 3 aromatic carbocycles. The Morgan fingerprint density at radius 3 is 2.30 bits per heavy atom. The molecule has 2 aliphatic heterocycles. The number of aliphatic carboxylic acids is 1. The van der Waals surface area contributed by atoms with Gasteiger partial charge in [-0.3, -0.25) is 14.5 Å². The van der Waals surface area contributed by atoms with Gasteiger partial charge in [0.05, 0.1) is 25.2 Å². The van der Waals surface area contributed by atoms with Crippen molar-refractivity contribution in [2.24, 2.45) is 5.92 Å². The second-order valence-corrected chi connectivity index (χ2v) is 11.5. The van der Waals surface area contributed by atoms with Crippen molar-refractivity contribution in [3.05, 3.63) is 82.9 Å². The van der Waals surface area contributed by atoms with Gasteiger partial charge in [0, 0.05) is 24.2 Å². The van der Waals surface area contributed by atoms with E-state index >= 15 is 0 Å². The molecule has 234 valence electrons. The van der Waals surface area contributed by atoms with E-state index < -0.39 is 17.9 Å². The van der Waals surface area contributed by atoms with Gasteiger partial charge in [-0.1, -0.05) is 50.2 Å². The van der Waals surface area contributed by atoms with Gasteiger partial charge in [0.2, 0.25) is 12.7 Å². The van der Waals surface area contributed by atoms with Gasteiger partial charge < -0.3 is 29.4 Å². The number of fused-ring (bicyclic) bond motifs is 1. The van der Waals surface area contributed by atoms with Crippen LogP contribution in [0.15, 0.2) is 60.7 Å². The highest BCUT2D eigenvalue weighted by atomic mass is 16.7.